The van der Waals surface area contributed by atoms with Gasteiger partial charge in [-0.25, -0.2) is 8.42 Å². The molecule has 1 aliphatic rings. The Kier molecular flexibility index (Phi) is 5.32. The van der Waals surface area contributed by atoms with E-state index in [-0.39, 0.29) is 23.3 Å². The van der Waals surface area contributed by atoms with Crippen molar-refractivity contribution in [2.24, 2.45) is 5.73 Å². The fourth-order valence-electron chi connectivity index (χ4n) is 2.07. The fourth-order valence-corrected chi connectivity index (χ4v) is 3.65. The largest absolute Gasteiger partial charge is 0.327 e. The molecule has 0 radical (unpaired) electrons. The first-order valence-corrected chi connectivity index (χ1v) is 7.24. The van der Waals surface area contributed by atoms with Gasteiger partial charge in [0.15, 0.2) is 0 Å². The third-order valence-electron chi connectivity index (χ3n) is 3.02. The van der Waals surface area contributed by atoms with Crippen LogP contribution >= 0.6 is 12.4 Å². The van der Waals surface area contributed by atoms with E-state index in [4.69, 9.17) is 11.0 Å². The fraction of sp³-hybridized carbons (Fsp3) is 0.417. The van der Waals surface area contributed by atoms with E-state index < -0.39 is 10.0 Å². The van der Waals surface area contributed by atoms with Crippen molar-refractivity contribution in [3.05, 3.63) is 29.8 Å². The maximum absolute atomic E-state index is 12.4. The molecule has 1 saturated heterocycles. The highest BCUT2D eigenvalue weighted by Gasteiger charge is 2.28. The van der Waals surface area contributed by atoms with Crippen LogP contribution in [-0.2, 0) is 10.0 Å². The van der Waals surface area contributed by atoms with Crippen molar-refractivity contribution in [1.29, 1.82) is 5.26 Å². The molecule has 1 aliphatic heterocycles. The van der Waals surface area contributed by atoms with Gasteiger partial charge in [0.05, 0.1) is 16.5 Å². The lowest BCUT2D eigenvalue weighted by molar-refractivity contribution is 0.316. The van der Waals surface area contributed by atoms with Crippen LogP contribution in [0.2, 0.25) is 0 Å². The minimum Gasteiger partial charge on any atom is -0.327 e. The predicted molar refractivity (Wildman–Crippen MR) is 74.4 cm³/mol. The lowest BCUT2D eigenvalue weighted by atomic mass is 10.1. The number of hydrogen-bond donors (Lipinski definition) is 1. The number of rotatable bonds is 2. The molecule has 5 nitrogen and oxygen atoms in total. The molecular formula is C12H16ClN3O2S. The maximum atomic E-state index is 12.4. The molecule has 1 heterocycles. The van der Waals surface area contributed by atoms with Crippen molar-refractivity contribution < 1.29 is 8.42 Å². The lowest BCUT2D eigenvalue weighted by Gasteiger charge is -2.29. The number of halogens is 1. The second kappa shape index (κ2) is 6.35. The summed E-state index contributed by atoms with van der Waals surface area (Å²) in [5, 5.41) is 8.80. The molecule has 0 amide bonds. The van der Waals surface area contributed by atoms with Gasteiger partial charge in [0, 0.05) is 19.1 Å². The molecule has 0 spiro atoms. The highest BCUT2D eigenvalue weighted by atomic mass is 35.5. The zero-order valence-corrected chi connectivity index (χ0v) is 12.0. The molecular weight excluding hydrogens is 286 g/mol. The van der Waals surface area contributed by atoms with Crippen LogP contribution in [0.1, 0.15) is 18.4 Å². The predicted octanol–water partition coefficient (Wildman–Crippen LogP) is 1.09. The Labute approximate surface area is 119 Å². The molecule has 0 bridgehead atoms. The second-order valence-electron chi connectivity index (χ2n) is 4.40. The Morgan fingerprint density at radius 2 is 2.16 bits per heavy atom. The average Bonchev–Trinajstić information content (AvgIpc) is 2.39. The second-order valence-corrected chi connectivity index (χ2v) is 6.34. The van der Waals surface area contributed by atoms with Crippen LogP contribution in [0.15, 0.2) is 29.2 Å². The van der Waals surface area contributed by atoms with E-state index in [1.165, 1.54) is 16.4 Å². The summed E-state index contributed by atoms with van der Waals surface area (Å²) in [6.45, 7) is 0.839. The van der Waals surface area contributed by atoms with Crippen molar-refractivity contribution in [2.45, 2.75) is 23.8 Å². The van der Waals surface area contributed by atoms with E-state index >= 15 is 0 Å². The molecule has 0 aromatic heterocycles. The van der Waals surface area contributed by atoms with Crippen LogP contribution in [0.3, 0.4) is 0 Å². The molecule has 104 valence electrons. The third-order valence-corrected chi connectivity index (χ3v) is 4.88. The molecule has 0 saturated carbocycles. The van der Waals surface area contributed by atoms with Gasteiger partial charge < -0.3 is 5.73 Å². The van der Waals surface area contributed by atoms with Gasteiger partial charge in [-0.05, 0) is 31.0 Å². The van der Waals surface area contributed by atoms with Gasteiger partial charge >= 0.3 is 0 Å². The average molecular weight is 302 g/mol. The number of nitrogens with zero attached hydrogens (tertiary/aromatic N) is 2. The van der Waals surface area contributed by atoms with Crippen molar-refractivity contribution in [2.75, 3.05) is 13.1 Å². The molecule has 19 heavy (non-hydrogen) atoms. The molecule has 0 aliphatic carbocycles. The van der Waals surface area contributed by atoms with E-state index in [1.54, 1.807) is 12.1 Å². The molecule has 2 N–H and O–H groups in total. The quantitative estimate of drug-likeness (QED) is 0.886. The van der Waals surface area contributed by atoms with E-state index in [0.29, 0.717) is 18.7 Å². The minimum absolute atomic E-state index is 0. The van der Waals surface area contributed by atoms with Crippen molar-refractivity contribution in [1.82, 2.24) is 4.31 Å². The number of nitrogens with two attached hydrogens (primary N) is 1. The summed E-state index contributed by atoms with van der Waals surface area (Å²) in [6, 6.07) is 7.91. The SMILES string of the molecule is Cl.N#Cc1cccc(S(=O)(=O)N2CCCC(N)C2)c1. The smallest absolute Gasteiger partial charge is 0.243 e. The summed E-state index contributed by atoms with van der Waals surface area (Å²) in [6.07, 6.45) is 1.63. The molecule has 1 aromatic rings. The normalized spacial score (nSPS) is 20.3. The van der Waals surface area contributed by atoms with Crippen LogP contribution in [-0.4, -0.2) is 31.9 Å². The Morgan fingerprint density at radius 3 is 2.79 bits per heavy atom. The first kappa shape index (κ1) is 15.9. The Hall–Kier alpha value is -1.13. The standard InChI is InChI=1S/C12H15N3O2S.ClH/c13-8-10-3-1-5-12(7-10)18(16,17)15-6-2-4-11(14)9-15;/h1,3,5,7,11H,2,4,6,9,14H2;1H. The van der Waals surface area contributed by atoms with Crippen molar-refractivity contribution in [3.63, 3.8) is 0 Å². The Morgan fingerprint density at radius 1 is 1.42 bits per heavy atom. The number of benzene rings is 1. The summed E-state index contributed by atoms with van der Waals surface area (Å²) >= 11 is 0. The van der Waals surface area contributed by atoms with Crippen LogP contribution < -0.4 is 5.73 Å². The van der Waals surface area contributed by atoms with Gasteiger partial charge in [-0.3, -0.25) is 0 Å². The number of nitriles is 1. The highest BCUT2D eigenvalue weighted by molar-refractivity contribution is 7.89. The first-order chi connectivity index (χ1) is 8.54. The maximum Gasteiger partial charge on any atom is 0.243 e. The molecule has 2 rings (SSSR count). The van der Waals surface area contributed by atoms with Gasteiger partial charge in [-0.15, -0.1) is 12.4 Å². The Balaban J connectivity index is 0.00000180. The Bertz CT molecular complexity index is 583. The summed E-state index contributed by atoms with van der Waals surface area (Å²) in [5.74, 6) is 0. The summed E-state index contributed by atoms with van der Waals surface area (Å²) in [5.41, 5.74) is 6.14. The third kappa shape index (κ3) is 3.45. The summed E-state index contributed by atoms with van der Waals surface area (Å²) in [7, 11) is -3.53. The minimum atomic E-state index is -3.53. The van der Waals surface area contributed by atoms with Crippen LogP contribution in [0.4, 0.5) is 0 Å². The summed E-state index contributed by atoms with van der Waals surface area (Å²) in [4.78, 5) is 0.163. The van der Waals surface area contributed by atoms with Gasteiger partial charge in [-0.2, -0.15) is 9.57 Å². The first-order valence-electron chi connectivity index (χ1n) is 5.80. The van der Waals surface area contributed by atoms with Gasteiger partial charge in [-0.1, -0.05) is 6.07 Å². The van der Waals surface area contributed by atoms with E-state index in [0.717, 1.165) is 12.8 Å². The van der Waals surface area contributed by atoms with Gasteiger partial charge in [0.2, 0.25) is 10.0 Å². The van der Waals surface area contributed by atoms with Crippen LogP contribution in [0, 0.1) is 11.3 Å². The zero-order valence-electron chi connectivity index (χ0n) is 10.3. The van der Waals surface area contributed by atoms with Crippen LogP contribution in [0.25, 0.3) is 0 Å². The number of sulfonamides is 1. The molecule has 1 atom stereocenters. The van der Waals surface area contributed by atoms with Crippen LogP contribution in [0.5, 0.6) is 0 Å². The van der Waals surface area contributed by atoms with E-state index in [1.807, 2.05) is 6.07 Å². The van der Waals surface area contributed by atoms with Gasteiger partial charge in [0.25, 0.3) is 0 Å². The van der Waals surface area contributed by atoms with Crippen molar-refractivity contribution >= 4 is 22.4 Å². The molecule has 1 fully saturated rings. The zero-order chi connectivity index (χ0) is 13.2. The van der Waals surface area contributed by atoms with E-state index in [2.05, 4.69) is 0 Å². The van der Waals surface area contributed by atoms with E-state index in [9.17, 15) is 8.42 Å². The number of piperidine rings is 1. The topological polar surface area (TPSA) is 87.2 Å². The van der Waals surface area contributed by atoms with Gasteiger partial charge in [0.1, 0.15) is 0 Å². The monoisotopic (exact) mass is 301 g/mol. The molecule has 1 aromatic carbocycles. The lowest BCUT2D eigenvalue weighted by Crippen LogP contribution is -2.45. The summed E-state index contributed by atoms with van der Waals surface area (Å²) < 4.78 is 26.1. The molecule has 1 unspecified atom stereocenters. The highest BCUT2D eigenvalue weighted by Crippen LogP contribution is 2.20. The number of hydrogen-bond acceptors (Lipinski definition) is 4. The van der Waals surface area contributed by atoms with Crippen molar-refractivity contribution in [3.8, 4) is 6.07 Å². The molecule has 7 heteroatoms.